The summed E-state index contributed by atoms with van der Waals surface area (Å²) in [6.45, 7) is 4.14. The third-order valence-corrected chi connectivity index (χ3v) is 6.16. The number of carboxylic acids is 1. The van der Waals surface area contributed by atoms with Crippen LogP contribution in [0.15, 0.2) is 10.4 Å². The smallest absolute Gasteiger partial charge is 0.305 e. The van der Waals surface area contributed by atoms with Gasteiger partial charge in [-0.3, -0.25) is 18.7 Å². The van der Waals surface area contributed by atoms with Gasteiger partial charge in [-0.15, -0.1) is 0 Å². The van der Waals surface area contributed by atoms with E-state index in [0.717, 1.165) is 10.4 Å². The summed E-state index contributed by atoms with van der Waals surface area (Å²) >= 11 is 5.62. The molecule has 0 aromatic heterocycles. The van der Waals surface area contributed by atoms with Crippen molar-refractivity contribution >= 4 is 34.3 Å². The molecule has 0 saturated carbocycles. The molecule has 0 bridgehead atoms. The van der Waals surface area contributed by atoms with Crippen molar-refractivity contribution in [3.8, 4) is 0 Å². The van der Waals surface area contributed by atoms with Crippen molar-refractivity contribution < 1.29 is 52.2 Å². The summed E-state index contributed by atoms with van der Waals surface area (Å²) in [5.74, 6) is -1.44. The van der Waals surface area contributed by atoms with E-state index in [9.17, 15) is 18.7 Å². The lowest BCUT2D eigenvalue weighted by Gasteiger charge is -2.36. The Morgan fingerprint density at radius 1 is 0.781 bits per heavy atom. The molecule has 0 aromatic carbocycles. The van der Waals surface area contributed by atoms with E-state index >= 15 is 0 Å². The number of aliphatic carboxylic acids is 1. The largest absolute Gasteiger partial charge is 0.481 e. The van der Waals surface area contributed by atoms with Crippen molar-refractivity contribution in [2.24, 2.45) is 0 Å². The van der Waals surface area contributed by atoms with Gasteiger partial charge in [-0.1, -0.05) is 22.4 Å². The summed E-state index contributed by atoms with van der Waals surface area (Å²) in [6, 6.07) is 0. The average molecular weight is 506 g/mol. The van der Waals surface area contributed by atoms with E-state index in [1.165, 1.54) is 0 Å². The second-order valence-electron chi connectivity index (χ2n) is 6.23. The van der Waals surface area contributed by atoms with Gasteiger partial charge in [-0.25, -0.2) is 4.31 Å². The second kappa shape index (κ2) is 17.5. The first-order valence-electron chi connectivity index (χ1n) is 10.0. The maximum atomic E-state index is 11.6. The highest BCUT2D eigenvalue weighted by molar-refractivity contribution is 8.27. The van der Waals surface area contributed by atoms with Crippen molar-refractivity contribution in [2.45, 2.75) is 6.42 Å². The first kappa shape index (κ1) is 29.0. The molecule has 3 N–H and O–H groups in total. The second-order valence-corrected chi connectivity index (χ2v) is 8.78. The molecule has 0 spiro atoms. The van der Waals surface area contributed by atoms with Crippen LogP contribution in [0.2, 0.25) is 0 Å². The lowest BCUT2D eigenvalue weighted by atomic mass is 10.5. The molecule has 188 valence electrons. The molecule has 1 rings (SSSR count). The maximum absolute atomic E-state index is 11.6. The zero-order valence-electron chi connectivity index (χ0n) is 17.8. The van der Waals surface area contributed by atoms with Crippen LogP contribution in [0.1, 0.15) is 6.42 Å². The molecule has 0 aliphatic carbocycles. The van der Waals surface area contributed by atoms with Crippen LogP contribution in [0.4, 0.5) is 0 Å². The Labute approximate surface area is 193 Å². The predicted molar refractivity (Wildman–Crippen MR) is 116 cm³/mol. The van der Waals surface area contributed by atoms with Gasteiger partial charge >= 0.3 is 5.97 Å². The Morgan fingerprint density at radius 2 is 1.16 bits per heavy atom. The third kappa shape index (κ3) is 12.9. The molecule has 0 unspecified atom stereocenters. The first-order valence-corrected chi connectivity index (χ1v) is 11.9. The van der Waals surface area contributed by atoms with Crippen molar-refractivity contribution in [2.75, 3.05) is 85.8 Å². The van der Waals surface area contributed by atoms with Gasteiger partial charge in [0, 0.05) is 6.08 Å². The van der Waals surface area contributed by atoms with E-state index < -0.39 is 22.7 Å². The molecular weight excluding hydrogens is 474 g/mol. The summed E-state index contributed by atoms with van der Waals surface area (Å²) in [6.07, 6.45) is 0.972. The van der Waals surface area contributed by atoms with Crippen LogP contribution in [-0.2, 0) is 38.0 Å². The highest BCUT2D eigenvalue weighted by Gasteiger charge is 2.36. The molecule has 0 saturated heterocycles. The molecule has 1 heterocycles. The zero-order chi connectivity index (χ0) is 23.7. The number of halogens is 1. The van der Waals surface area contributed by atoms with Crippen molar-refractivity contribution in [1.82, 2.24) is 4.31 Å². The Hall–Kier alpha value is -1.00. The number of hydrogen-bond acceptors (Lipinski definition) is 10. The van der Waals surface area contributed by atoms with Crippen LogP contribution in [0.25, 0.3) is 0 Å². The van der Waals surface area contributed by atoms with Crippen LogP contribution >= 0.6 is 22.4 Å². The number of nitrogens with zero attached hydrogens (tertiary/aromatic N) is 1. The van der Waals surface area contributed by atoms with E-state index in [4.69, 9.17) is 45.1 Å². The number of rotatable bonds is 21. The van der Waals surface area contributed by atoms with E-state index in [-0.39, 0.29) is 37.2 Å². The highest BCUT2D eigenvalue weighted by atomic mass is 35.5. The molecule has 12 nitrogen and oxygen atoms in total. The number of hydrogen-bond donors (Lipinski definition) is 3. The van der Waals surface area contributed by atoms with Gasteiger partial charge in [-0.2, -0.15) is 0 Å². The summed E-state index contributed by atoms with van der Waals surface area (Å²) in [5.41, 5.74) is 0. The van der Waals surface area contributed by atoms with Gasteiger partial charge < -0.3 is 33.5 Å². The molecule has 0 fully saturated rings. The SMILES string of the molecule is O=C(O)CCOCCOCCOCCOCCOCCOCCN1C(=O)C=C(Cl)S1(O)O. The topological polar surface area (TPSA) is 153 Å². The van der Waals surface area contributed by atoms with Crippen LogP contribution in [-0.4, -0.2) is 116 Å². The Kier molecular flexibility index (Phi) is 15.9. The van der Waals surface area contributed by atoms with Crippen LogP contribution in [0.5, 0.6) is 0 Å². The minimum Gasteiger partial charge on any atom is -0.481 e. The van der Waals surface area contributed by atoms with Gasteiger partial charge in [0.15, 0.2) is 4.36 Å². The fraction of sp³-hybridized carbons (Fsp3) is 0.778. The monoisotopic (exact) mass is 505 g/mol. The van der Waals surface area contributed by atoms with Gasteiger partial charge in [0.05, 0.1) is 92.2 Å². The normalized spacial score (nSPS) is 16.4. The number of ether oxygens (including phenoxy) is 6. The minimum atomic E-state index is -3.40. The molecule has 14 heteroatoms. The first-order chi connectivity index (χ1) is 15.4. The lowest BCUT2D eigenvalue weighted by molar-refractivity contribution is -0.138. The van der Waals surface area contributed by atoms with Crippen LogP contribution < -0.4 is 0 Å². The van der Waals surface area contributed by atoms with Crippen molar-refractivity contribution in [3.05, 3.63) is 10.4 Å². The van der Waals surface area contributed by atoms with Crippen LogP contribution in [0, 0.1) is 0 Å². The standard InChI is InChI=1S/C18H32ClNO11S/c19-16-15-17(21)20(32(16,24)25)2-4-27-6-8-29-10-12-31-14-13-30-11-9-28-7-5-26-3-1-18(22)23/h15,24-25H,1-14H2,(H,22,23). The number of carbonyl (C=O) groups is 2. The maximum Gasteiger partial charge on any atom is 0.305 e. The summed E-state index contributed by atoms with van der Waals surface area (Å²) in [7, 11) is -3.40. The number of carbonyl (C=O) groups excluding carboxylic acids is 1. The molecule has 1 amide bonds. The molecule has 0 atom stereocenters. The summed E-state index contributed by atoms with van der Waals surface area (Å²) in [5, 5.41) is 8.44. The quantitative estimate of drug-likeness (QED) is 0.192. The summed E-state index contributed by atoms with van der Waals surface area (Å²) < 4.78 is 51.8. The van der Waals surface area contributed by atoms with Gasteiger partial charge in [0.25, 0.3) is 5.91 Å². The van der Waals surface area contributed by atoms with Crippen LogP contribution in [0.3, 0.4) is 0 Å². The minimum absolute atomic E-state index is 0.0165. The van der Waals surface area contributed by atoms with Gasteiger partial charge in [-0.05, 0) is 0 Å². The molecule has 0 aromatic rings. The van der Waals surface area contributed by atoms with E-state index in [1.807, 2.05) is 0 Å². The molecule has 0 radical (unpaired) electrons. The van der Waals surface area contributed by atoms with Crippen molar-refractivity contribution in [1.29, 1.82) is 0 Å². The molecule has 1 aliphatic rings. The van der Waals surface area contributed by atoms with Gasteiger partial charge in [0.1, 0.15) is 0 Å². The molecule has 1 aliphatic heterocycles. The predicted octanol–water partition coefficient (Wildman–Crippen LogP) is 1.15. The number of amides is 1. The average Bonchev–Trinajstić information content (AvgIpc) is 2.93. The molecular formula is C18H32ClNO11S. The zero-order valence-corrected chi connectivity index (χ0v) is 19.4. The Bertz CT molecular complexity index is 579. The van der Waals surface area contributed by atoms with E-state index in [2.05, 4.69) is 0 Å². The fourth-order valence-corrected chi connectivity index (χ4v) is 3.67. The van der Waals surface area contributed by atoms with E-state index in [0.29, 0.717) is 59.5 Å². The molecule has 32 heavy (non-hydrogen) atoms. The fourth-order valence-electron chi connectivity index (χ4n) is 2.22. The van der Waals surface area contributed by atoms with Crippen molar-refractivity contribution in [3.63, 3.8) is 0 Å². The van der Waals surface area contributed by atoms with E-state index in [1.54, 1.807) is 0 Å². The Morgan fingerprint density at radius 3 is 1.50 bits per heavy atom. The highest BCUT2D eigenvalue weighted by Crippen LogP contribution is 2.56. The third-order valence-electron chi connectivity index (χ3n) is 3.81. The lowest BCUT2D eigenvalue weighted by Crippen LogP contribution is -2.31. The number of carboxylic acid groups (broad SMARTS) is 1. The Balaban J connectivity index is 1.76. The summed E-state index contributed by atoms with van der Waals surface area (Å²) in [4.78, 5) is 21.9. The van der Waals surface area contributed by atoms with Gasteiger partial charge in [0.2, 0.25) is 0 Å².